The van der Waals surface area contributed by atoms with Crippen LogP contribution < -0.4 is 5.32 Å². The van der Waals surface area contributed by atoms with Crippen LogP contribution in [0.1, 0.15) is 32.8 Å². The molecule has 0 spiro atoms. The van der Waals surface area contributed by atoms with Gasteiger partial charge in [-0.05, 0) is 44.0 Å². The fraction of sp³-hybridized carbons (Fsp3) is 0.500. The minimum absolute atomic E-state index is 0.252. The van der Waals surface area contributed by atoms with Crippen molar-refractivity contribution in [3.63, 3.8) is 0 Å². The number of hydrogen-bond donors (Lipinski definition) is 1. The first-order valence-corrected chi connectivity index (χ1v) is 7.97. The molecular formula is C18H26N2O. The molecule has 2 atom stereocenters. The van der Waals surface area contributed by atoms with E-state index in [1.165, 1.54) is 10.9 Å². The fourth-order valence-corrected chi connectivity index (χ4v) is 2.90. The van der Waals surface area contributed by atoms with E-state index in [1.807, 2.05) is 12.3 Å². The van der Waals surface area contributed by atoms with Gasteiger partial charge in [-0.3, -0.25) is 4.98 Å². The van der Waals surface area contributed by atoms with E-state index in [2.05, 4.69) is 55.3 Å². The Morgan fingerprint density at radius 2 is 1.95 bits per heavy atom. The summed E-state index contributed by atoms with van der Waals surface area (Å²) in [4.78, 5) is 4.44. The zero-order chi connectivity index (χ0) is 15.1. The molecule has 1 heterocycles. The number of fused-ring (bicyclic) bond motifs is 1. The molecule has 0 aliphatic rings. The van der Waals surface area contributed by atoms with Gasteiger partial charge in [0.2, 0.25) is 0 Å². The third kappa shape index (κ3) is 4.02. The molecule has 3 heteroatoms. The van der Waals surface area contributed by atoms with Crippen molar-refractivity contribution in [3.8, 4) is 0 Å². The number of pyridine rings is 1. The smallest absolute Gasteiger partial charge is 0.0728 e. The molecule has 0 aliphatic carbocycles. The molecule has 0 aliphatic heterocycles. The quantitative estimate of drug-likeness (QED) is 0.805. The molecule has 21 heavy (non-hydrogen) atoms. The lowest BCUT2D eigenvalue weighted by molar-refractivity contribution is 0.0324. The van der Waals surface area contributed by atoms with Crippen molar-refractivity contribution in [2.75, 3.05) is 13.2 Å². The largest absolute Gasteiger partial charge is 0.377 e. The standard InChI is InChI=1S/C18H26N2O/c1-4-18(21-6-3)17(19-5-2)13-14-11-12-20-16-10-8-7-9-15(14)16/h7-12,17-19H,4-6,13H2,1-3H3. The van der Waals surface area contributed by atoms with Crippen LogP contribution in [0.2, 0.25) is 0 Å². The van der Waals surface area contributed by atoms with Crippen LogP contribution in [0.15, 0.2) is 36.5 Å². The lowest BCUT2D eigenvalue weighted by Crippen LogP contribution is -2.42. The summed E-state index contributed by atoms with van der Waals surface area (Å²) in [5.74, 6) is 0. The summed E-state index contributed by atoms with van der Waals surface area (Å²) in [5, 5.41) is 4.83. The van der Waals surface area contributed by atoms with Crippen LogP contribution in [0, 0.1) is 0 Å². The molecule has 114 valence electrons. The van der Waals surface area contributed by atoms with Gasteiger partial charge in [0.15, 0.2) is 0 Å². The topological polar surface area (TPSA) is 34.2 Å². The maximum Gasteiger partial charge on any atom is 0.0728 e. The zero-order valence-corrected chi connectivity index (χ0v) is 13.3. The molecule has 2 rings (SSSR count). The van der Waals surface area contributed by atoms with Crippen molar-refractivity contribution in [1.29, 1.82) is 0 Å². The molecule has 0 fully saturated rings. The van der Waals surface area contributed by atoms with Gasteiger partial charge in [0.05, 0.1) is 11.6 Å². The summed E-state index contributed by atoms with van der Waals surface area (Å²) < 4.78 is 5.91. The zero-order valence-electron chi connectivity index (χ0n) is 13.3. The Kier molecular flexibility index (Phi) is 6.15. The van der Waals surface area contributed by atoms with Crippen molar-refractivity contribution in [2.45, 2.75) is 45.8 Å². The lowest BCUT2D eigenvalue weighted by atomic mass is 9.97. The van der Waals surface area contributed by atoms with E-state index in [4.69, 9.17) is 4.74 Å². The van der Waals surface area contributed by atoms with Gasteiger partial charge >= 0.3 is 0 Å². The molecule has 2 aromatic rings. The Morgan fingerprint density at radius 1 is 1.14 bits per heavy atom. The van der Waals surface area contributed by atoms with Crippen LogP contribution in [0.5, 0.6) is 0 Å². The van der Waals surface area contributed by atoms with Crippen molar-refractivity contribution in [1.82, 2.24) is 10.3 Å². The van der Waals surface area contributed by atoms with Gasteiger partial charge in [-0.15, -0.1) is 0 Å². The summed E-state index contributed by atoms with van der Waals surface area (Å²) in [6, 6.07) is 10.8. The van der Waals surface area contributed by atoms with Gasteiger partial charge < -0.3 is 10.1 Å². The summed E-state index contributed by atoms with van der Waals surface area (Å²) >= 11 is 0. The van der Waals surface area contributed by atoms with Crippen molar-refractivity contribution < 1.29 is 4.74 Å². The summed E-state index contributed by atoms with van der Waals surface area (Å²) in [6.45, 7) is 8.12. The van der Waals surface area contributed by atoms with E-state index in [0.29, 0.717) is 6.04 Å². The number of hydrogen-bond acceptors (Lipinski definition) is 3. The highest BCUT2D eigenvalue weighted by atomic mass is 16.5. The Labute approximate surface area is 127 Å². The Morgan fingerprint density at radius 3 is 2.67 bits per heavy atom. The highest BCUT2D eigenvalue weighted by Gasteiger charge is 2.20. The second-order valence-electron chi connectivity index (χ2n) is 5.26. The van der Waals surface area contributed by atoms with Crippen LogP contribution in [0.25, 0.3) is 10.9 Å². The number of nitrogens with one attached hydrogen (secondary N) is 1. The van der Waals surface area contributed by atoms with E-state index >= 15 is 0 Å². The minimum atomic E-state index is 0.252. The number of benzene rings is 1. The molecular weight excluding hydrogens is 260 g/mol. The number of para-hydroxylation sites is 1. The average Bonchev–Trinajstić information content (AvgIpc) is 2.52. The van der Waals surface area contributed by atoms with E-state index in [9.17, 15) is 0 Å². The van der Waals surface area contributed by atoms with Crippen molar-refractivity contribution in [3.05, 3.63) is 42.1 Å². The van der Waals surface area contributed by atoms with Crippen molar-refractivity contribution >= 4 is 10.9 Å². The van der Waals surface area contributed by atoms with Gasteiger partial charge in [0.1, 0.15) is 0 Å². The first-order valence-electron chi connectivity index (χ1n) is 7.97. The van der Waals surface area contributed by atoms with E-state index in [1.54, 1.807) is 0 Å². The van der Waals surface area contributed by atoms with Gasteiger partial charge in [0.25, 0.3) is 0 Å². The maximum absolute atomic E-state index is 5.91. The monoisotopic (exact) mass is 286 g/mol. The van der Waals surface area contributed by atoms with Crippen LogP contribution in [0.3, 0.4) is 0 Å². The molecule has 0 radical (unpaired) electrons. The predicted octanol–water partition coefficient (Wildman–Crippen LogP) is 3.57. The van der Waals surface area contributed by atoms with E-state index in [0.717, 1.165) is 31.5 Å². The molecule has 1 N–H and O–H groups in total. The minimum Gasteiger partial charge on any atom is -0.377 e. The number of aromatic nitrogens is 1. The number of ether oxygens (including phenoxy) is 1. The molecule has 0 bridgehead atoms. The Balaban J connectivity index is 2.25. The highest BCUT2D eigenvalue weighted by Crippen LogP contribution is 2.19. The third-order valence-corrected chi connectivity index (χ3v) is 3.88. The third-order valence-electron chi connectivity index (χ3n) is 3.88. The first-order chi connectivity index (χ1) is 10.3. The molecule has 1 aromatic carbocycles. The first kappa shape index (κ1) is 15.9. The highest BCUT2D eigenvalue weighted by molar-refractivity contribution is 5.81. The lowest BCUT2D eigenvalue weighted by Gasteiger charge is -2.27. The maximum atomic E-state index is 5.91. The predicted molar refractivity (Wildman–Crippen MR) is 88.6 cm³/mol. The molecule has 0 saturated heterocycles. The second-order valence-corrected chi connectivity index (χ2v) is 5.26. The second kappa shape index (κ2) is 8.11. The summed E-state index contributed by atoms with van der Waals surface area (Å²) in [7, 11) is 0. The SMILES string of the molecule is CCNC(Cc1ccnc2ccccc12)C(CC)OCC. The van der Waals surface area contributed by atoms with Gasteiger partial charge in [-0.25, -0.2) is 0 Å². The average molecular weight is 286 g/mol. The Bertz CT molecular complexity index is 550. The van der Waals surface area contributed by atoms with E-state index in [-0.39, 0.29) is 6.10 Å². The molecule has 2 unspecified atom stereocenters. The van der Waals surface area contributed by atoms with Gasteiger partial charge in [-0.2, -0.15) is 0 Å². The number of rotatable bonds is 8. The molecule has 0 saturated carbocycles. The van der Waals surface area contributed by atoms with Crippen LogP contribution >= 0.6 is 0 Å². The summed E-state index contributed by atoms with van der Waals surface area (Å²) in [6.07, 6.45) is 4.15. The molecule has 3 nitrogen and oxygen atoms in total. The normalized spacial score (nSPS) is 14.2. The van der Waals surface area contributed by atoms with Crippen LogP contribution in [-0.4, -0.2) is 30.3 Å². The van der Waals surface area contributed by atoms with E-state index < -0.39 is 0 Å². The van der Waals surface area contributed by atoms with Gasteiger partial charge in [-0.1, -0.05) is 32.0 Å². The fourth-order valence-electron chi connectivity index (χ4n) is 2.90. The van der Waals surface area contributed by atoms with Crippen LogP contribution in [0.4, 0.5) is 0 Å². The van der Waals surface area contributed by atoms with Crippen molar-refractivity contribution in [2.24, 2.45) is 0 Å². The number of likely N-dealkylation sites (N-methyl/N-ethyl adjacent to an activating group) is 1. The molecule has 0 amide bonds. The summed E-state index contributed by atoms with van der Waals surface area (Å²) in [5.41, 5.74) is 2.40. The van der Waals surface area contributed by atoms with Crippen LogP contribution in [-0.2, 0) is 11.2 Å². The Hall–Kier alpha value is -1.45. The number of nitrogens with zero attached hydrogens (tertiary/aromatic N) is 1. The molecule has 1 aromatic heterocycles. The van der Waals surface area contributed by atoms with Gasteiger partial charge in [0, 0.05) is 24.2 Å².